The number of aromatic amines is 1. The lowest BCUT2D eigenvalue weighted by atomic mass is 10.0. The highest BCUT2D eigenvalue weighted by molar-refractivity contribution is 9.10. The zero-order valence-corrected chi connectivity index (χ0v) is 19.5. The molecule has 5 rings (SSSR count). The summed E-state index contributed by atoms with van der Waals surface area (Å²) in [6.07, 6.45) is 4.73. The Balaban J connectivity index is 1.46. The van der Waals surface area contributed by atoms with Crippen LogP contribution in [0.2, 0.25) is 0 Å². The Hall–Kier alpha value is -2.91. The fourth-order valence-electron chi connectivity index (χ4n) is 3.80. The highest BCUT2D eigenvalue weighted by Crippen LogP contribution is 2.36. The van der Waals surface area contributed by atoms with Crippen LogP contribution in [0.5, 0.6) is 0 Å². The average Bonchev–Trinajstić information content (AvgIpc) is 3.42. The zero-order chi connectivity index (χ0) is 21.5. The molecule has 1 aromatic carbocycles. The molecule has 0 unspecified atom stereocenters. The van der Waals surface area contributed by atoms with Crippen molar-refractivity contribution in [2.24, 2.45) is 0 Å². The van der Waals surface area contributed by atoms with Gasteiger partial charge in [0.05, 0.1) is 25.9 Å². The number of carbonyl (C=O) groups is 1. The van der Waals surface area contributed by atoms with Crippen LogP contribution in [0.4, 0.5) is 16.2 Å². The van der Waals surface area contributed by atoms with Crippen LogP contribution >= 0.6 is 27.3 Å². The van der Waals surface area contributed by atoms with Crippen molar-refractivity contribution in [3.05, 3.63) is 52.2 Å². The first-order valence-electron chi connectivity index (χ1n) is 9.93. The molecule has 0 fully saturated rings. The van der Waals surface area contributed by atoms with Gasteiger partial charge in [-0.15, -0.1) is 11.3 Å². The average molecular weight is 497 g/mol. The lowest BCUT2D eigenvalue weighted by Crippen LogP contribution is -2.41. The highest BCUT2D eigenvalue weighted by atomic mass is 79.9. The lowest BCUT2D eigenvalue weighted by molar-refractivity contribution is 0.176. The third-order valence-corrected chi connectivity index (χ3v) is 6.81. The lowest BCUT2D eigenvalue weighted by Gasteiger charge is -2.28. The smallest absolute Gasteiger partial charge is 0.319 e. The van der Waals surface area contributed by atoms with Crippen molar-refractivity contribution in [1.82, 2.24) is 24.8 Å². The predicted molar refractivity (Wildman–Crippen MR) is 130 cm³/mol. The van der Waals surface area contributed by atoms with Crippen molar-refractivity contribution in [1.29, 1.82) is 0 Å². The molecule has 1 aliphatic heterocycles. The molecular weight excluding hydrogens is 476 g/mol. The number of thiazole rings is 1. The number of hydrogen-bond acceptors (Lipinski definition) is 5. The third-order valence-electron chi connectivity index (χ3n) is 5.42. The predicted octanol–water partition coefficient (Wildman–Crippen LogP) is 5.45. The van der Waals surface area contributed by atoms with Gasteiger partial charge in [-0.1, -0.05) is 6.08 Å². The molecule has 0 bridgehead atoms. The molecule has 0 saturated carbocycles. The summed E-state index contributed by atoms with van der Waals surface area (Å²) in [5.41, 5.74) is 7.90. The van der Waals surface area contributed by atoms with Gasteiger partial charge >= 0.3 is 6.03 Å². The molecule has 1 aliphatic rings. The van der Waals surface area contributed by atoms with E-state index in [-0.39, 0.29) is 6.03 Å². The Morgan fingerprint density at radius 1 is 1.29 bits per heavy atom. The van der Waals surface area contributed by atoms with E-state index in [2.05, 4.69) is 54.4 Å². The van der Waals surface area contributed by atoms with Crippen LogP contribution in [-0.2, 0) is 0 Å². The molecule has 0 radical (unpaired) electrons. The number of amides is 2. The maximum absolute atomic E-state index is 12.2. The van der Waals surface area contributed by atoms with Crippen LogP contribution in [0.15, 0.2) is 46.5 Å². The maximum atomic E-state index is 12.2. The normalized spacial score (nSPS) is 14.2. The summed E-state index contributed by atoms with van der Waals surface area (Å²) < 4.78 is 2.04. The summed E-state index contributed by atoms with van der Waals surface area (Å²) in [4.78, 5) is 28.0. The largest absolute Gasteiger partial charge is 0.354 e. The molecule has 9 heteroatoms. The van der Waals surface area contributed by atoms with E-state index in [0.29, 0.717) is 13.1 Å². The first kappa shape index (κ1) is 20.0. The number of carbonyl (C=O) groups excluding carboxylic acids is 1. The van der Waals surface area contributed by atoms with E-state index < -0.39 is 0 Å². The molecule has 0 spiro atoms. The van der Waals surface area contributed by atoms with E-state index in [9.17, 15) is 4.79 Å². The number of nitrogens with one attached hydrogen (secondary N) is 2. The van der Waals surface area contributed by atoms with Crippen LogP contribution in [-0.4, -0.2) is 58.0 Å². The Labute approximate surface area is 191 Å². The maximum Gasteiger partial charge on any atom is 0.319 e. The number of benzene rings is 1. The van der Waals surface area contributed by atoms with Crippen LogP contribution in [0.3, 0.4) is 0 Å². The highest BCUT2D eigenvalue weighted by Gasteiger charge is 2.21. The molecule has 0 atom stereocenters. The van der Waals surface area contributed by atoms with Gasteiger partial charge in [0.25, 0.3) is 0 Å². The zero-order valence-electron chi connectivity index (χ0n) is 17.1. The second-order valence-electron chi connectivity index (χ2n) is 7.69. The quantitative estimate of drug-likeness (QED) is 0.395. The SMILES string of the molecule is CN(C)C(=O)N1CC=C(c2cc3c(Nc4ccc5ncsc5c4)c(Br)cnc3[nH]2)CC1. The standard InChI is InChI=1S/C22H21BrN6OS/c1-28(2)22(30)29-7-5-13(6-8-29)18-10-15-20(16(23)11-24-21(15)27-18)26-14-3-4-17-19(9-14)31-12-25-17/h3-5,9-12H,6-8H2,1-2H3,(H2,24,26,27). The van der Waals surface area contributed by atoms with E-state index >= 15 is 0 Å². The molecule has 0 saturated heterocycles. The van der Waals surface area contributed by atoms with Gasteiger partial charge in [0.15, 0.2) is 0 Å². The number of rotatable bonds is 3. The van der Waals surface area contributed by atoms with Crippen molar-refractivity contribution in [3.63, 3.8) is 0 Å². The molecule has 31 heavy (non-hydrogen) atoms. The summed E-state index contributed by atoms with van der Waals surface area (Å²) >= 11 is 5.27. The summed E-state index contributed by atoms with van der Waals surface area (Å²) in [6, 6.07) is 8.35. The van der Waals surface area contributed by atoms with Gasteiger partial charge in [0.1, 0.15) is 5.65 Å². The first-order valence-corrected chi connectivity index (χ1v) is 11.6. The molecule has 2 amide bonds. The molecule has 0 aliphatic carbocycles. The number of nitrogens with zero attached hydrogens (tertiary/aromatic N) is 4. The molecule has 158 valence electrons. The van der Waals surface area contributed by atoms with Gasteiger partial charge < -0.3 is 20.1 Å². The van der Waals surface area contributed by atoms with Gasteiger partial charge in [0.2, 0.25) is 0 Å². The van der Waals surface area contributed by atoms with E-state index in [0.717, 1.165) is 49.2 Å². The Kier molecular flexibility index (Phi) is 5.15. The monoisotopic (exact) mass is 496 g/mol. The van der Waals surface area contributed by atoms with Gasteiger partial charge in [-0.25, -0.2) is 14.8 Å². The number of halogens is 1. The number of hydrogen-bond donors (Lipinski definition) is 2. The minimum absolute atomic E-state index is 0.0435. The summed E-state index contributed by atoms with van der Waals surface area (Å²) in [6.45, 7) is 1.31. The van der Waals surface area contributed by atoms with Crippen molar-refractivity contribution >= 4 is 71.5 Å². The Morgan fingerprint density at radius 3 is 2.94 bits per heavy atom. The molecular formula is C22H21BrN6OS. The molecule has 4 heterocycles. The van der Waals surface area contributed by atoms with E-state index in [1.807, 2.05) is 28.7 Å². The summed E-state index contributed by atoms with van der Waals surface area (Å²) in [5, 5.41) is 4.56. The van der Waals surface area contributed by atoms with E-state index in [4.69, 9.17) is 0 Å². The number of H-pyrrole nitrogens is 1. The van der Waals surface area contributed by atoms with Gasteiger partial charge in [0, 0.05) is 50.1 Å². The number of aromatic nitrogens is 3. The first-order chi connectivity index (χ1) is 15.0. The topological polar surface area (TPSA) is 77.2 Å². The van der Waals surface area contributed by atoms with Crippen molar-refractivity contribution in [2.45, 2.75) is 6.42 Å². The summed E-state index contributed by atoms with van der Waals surface area (Å²) in [7, 11) is 3.56. The molecule has 4 aromatic rings. The van der Waals surface area contributed by atoms with Crippen LogP contribution in [0, 0.1) is 0 Å². The van der Waals surface area contributed by atoms with Crippen molar-refractivity contribution in [2.75, 3.05) is 32.5 Å². The number of pyridine rings is 1. The van der Waals surface area contributed by atoms with E-state index in [1.54, 1.807) is 30.3 Å². The van der Waals surface area contributed by atoms with Crippen molar-refractivity contribution < 1.29 is 4.79 Å². The third kappa shape index (κ3) is 3.79. The van der Waals surface area contributed by atoms with E-state index in [1.165, 1.54) is 5.57 Å². The molecule has 2 N–H and O–H groups in total. The van der Waals surface area contributed by atoms with Crippen LogP contribution < -0.4 is 5.32 Å². The van der Waals surface area contributed by atoms with Gasteiger partial charge in [-0.05, 0) is 52.2 Å². The second-order valence-corrected chi connectivity index (χ2v) is 9.43. The fraction of sp³-hybridized carbons (Fsp3) is 0.227. The minimum Gasteiger partial charge on any atom is -0.354 e. The number of anilines is 2. The Bertz CT molecular complexity index is 1320. The van der Waals surface area contributed by atoms with Gasteiger partial charge in [-0.2, -0.15) is 0 Å². The Morgan fingerprint density at radius 2 is 2.16 bits per heavy atom. The number of urea groups is 1. The second kappa shape index (κ2) is 7.97. The summed E-state index contributed by atoms with van der Waals surface area (Å²) in [5.74, 6) is 0. The fourth-order valence-corrected chi connectivity index (χ4v) is 4.93. The van der Waals surface area contributed by atoms with Gasteiger partial charge in [-0.3, -0.25) is 0 Å². The minimum atomic E-state index is 0.0435. The number of fused-ring (bicyclic) bond motifs is 2. The van der Waals surface area contributed by atoms with Crippen LogP contribution in [0.25, 0.3) is 26.8 Å². The van der Waals surface area contributed by atoms with Crippen molar-refractivity contribution in [3.8, 4) is 0 Å². The molecule has 7 nitrogen and oxygen atoms in total. The van der Waals surface area contributed by atoms with Crippen LogP contribution in [0.1, 0.15) is 12.1 Å². The molecule has 3 aromatic heterocycles.